The second kappa shape index (κ2) is 7.70. The Bertz CT molecular complexity index is 1110. The van der Waals surface area contributed by atoms with Gasteiger partial charge in [-0.1, -0.05) is 29.8 Å². The Morgan fingerprint density at radius 2 is 2.03 bits per heavy atom. The molecular weight excluding hydrogens is 388 g/mol. The number of aliphatic hydroxyl groups is 1. The SMILES string of the molecule is Cc1ccc(C(=O)N2CC(c3ccc(C#N)cc3)C2)cc1-c1[nH]c(CO)nc1Cl. The number of rotatable bonds is 4. The topological polar surface area (TPSA) is 93.0 Å². The highest BCUT2D eigenvalue weighted by Gasteiger charge is 2.32. The number of aliphatic hydroxyl groups excluding tert-OH is 1. The van der Waals surface area contributed by atoms with Gasteiger partial charge in [0.2, 0.25) is 0 Å². The lowest BCUT2D eigenvalue weighted by Gasteiger charge is -2.39. The summed E-state index contributed by atoms with van der Waals surface area (Å²) in [5.41, 5.74) is 4.70. The van der Waals surface area contributed by atoms with Crippen molar-refractivity contribution >= 4 is 17.5 Å². The number of nitrogens with zero attached hydrogens (tertiary/aromatic N) is 3. The molecule has 0 radical (unpaired) electrons. The van der Waals surface area contributed by atoms with E-state index in [0.29, 0.717) is 35.7 Å². The zero-order chi connectivity index (χ0) is 20.5. The van der Waals surface area contributed by atoms with Gasteiger partial charge >= 0.3 is 0 Å². The fraction of sp³-hybridized carbons (Fsp3) is 0.227. The molecule has 2 heterocycles. The number of nitrogens with one attached hydrogen (secondary N) is 1. The van der Waals surface area contributed by atoms with Crippen LogP contribution in [0.3, 0.4) is 0 Å². The van der Waals surface area contributed by atoms with Gasteiger partial charge in [-0.2, -0.15) is 5.26 Å². The normalized spacial score (nSPS) is 13.8. The average Bonchev–Trinajstić information content (AvgIpc) is 3.08. The summed E-state index contributed by atoms with van der Waals surface area (Å²) < 4.78 is 0. The molecule has 7 heteroatoms. The Balaban J connectivity index is 1.51. The number of aromatic nitrogens is 2. The number of likely N-dealkylation sites (tertiary alicyclic amines) is 1. The van der Waals surface area contributed by atoms with E-state index in [9.17, 15) is 9.90 Å². The van der Waals surface area contributed by atoms with E-state index < -0.39 is 0 Å². The molecule has 0 saturated carbocycles. The largest absolute Gasteiger partial charge is 0.388 e. The summed E-state index contributed by atoms with van der Waals surface area (Å²) in [6.07, 6.45) is 0. The number of hydrogen-bond acceptors (Lipinski definition) is 4. The molecule has 1 amide bonds. The first-order valence-electron chi connectivity index (χ1n) is 9.25. The average molecular weight is 407 g/mol. The van der Waals surface area contributed by atoms with Crippen molar-refractivity contribution < 1.29 is 9.90 Å². The van der Waals surface area contributed by atoms with E-state index in [2.05, 4.69) is 16.0 Å². The van der Waals surface area contributed by atoms with Crippen LogP contribution in [0.15, 0.2) is 42.5 Å². The molecule has 4 rings (SSSR count). The number of benzene rings is 2. The van der Waals surface area contributed by atoms with E-state index in [1.807, 2.05) is 42.2 Å². The monoisotopic (exact) mass is 406 g/mol. The van der Waals surface area contributed by atoms with Gasteiger partial charge in [0.1, 0.15) is 12.4 Å². The highest BCUT2D eigenvalue weighted by molar-refractivity contribution is 6.32. The van der Waals surface area contributed by atoms with Crippen LogP contribution in [0.2, 0.25) is 5.15 Å². The molecule has 0 spiro atoms. The van der Waals surface area contributed by atoms with Gasteiger partial charge in [0.05, 0.1) is 17.3 Å². The van der Waals surface area contributed by atoms with Gasteiger partial charge in [0.15, 0.2) is 5.15 Å². The predicted octanol–water partition coefficient (Wildman–Crippen LogP) is 3.64. The van der Waals surface area contributed by atoms with Crippen molar-refractivity contribution in [2.24, 2.45) is 0 Å². The molecule has 0 unspecified atom stereocenters. The maximum absolute atomic E-state index is 12.9. The molecule has 1 fully saturated rings. The van der Waals surface area contributed by atoms with E-state index in [0.717, 1.165) is 16.7 Å². The molecule has 1 aliphatic rings. The van der Waals surface area contributed by atoms with E-state index in [1.165, 1.54) is 0 Å². The van der Waals surface area contributed by atoms with Crippen LogP contribution in [-0.2, 0) is 6.61 Å². The second-order valence-corrected chi connectivity index (χ2v) is 7.54. The summed E-state index contributed by atoms with van der Waals surface area (Å²) in [5.74, 6) is 0.633. The molecule has 1 aromatic heterocycles. The molecule has 2 N–H and O–H groups in total. The molecule has 0 atom stereocenters. The third kappa shape index (κ3) is 3.63. The van der Waals surface area contributed by atoms with Crippen LogP contribution in [0.5, 0.6) is 0 Å². The van der Waals surface area contributed by atoms with Crippen molar-refractivity contribution in [3.63, 3.8) is 0 Å². The lowest BCUT2D eigenvalue weighted by atomic mass is 9.90. The van der Waals surface area contributed by atoms with Crippen molar-refractivity contribution in [3.8, 4) is 17.3 Å². The quantitative estimate of drug-likeness (QED) is 0.691. The van der Waals surface area contributed by atoms with Crippen molar-refractivity contribution in [3.05, 3.63) is 75.7 Å². The minimum absolute atomic E-state index is 0.0332. The number of carbonyl (C=O) groups is 1. The predicted molar refractivity (Wildman–Crippen MR) is 109 cm³/mol. The van der Waals surface area contributed by atoms with Crippen LogP contribution in [0, 0.1) is 18.3 Å². The minimum atomic E-state index is -0.234. The third-order valence-electron chi connectivity index (χ3n) is 5.29. The maximum Gasteiger partial charge on any atom is 0.253 e. The van der Waals surface area contributed by atoms with Gasteiger partial charge in [-0.3, -0.25) is 4.79 Å². The Kier molecular flexibility index (Phi) is 5.10. The summed E-state index contributed by atoms with van der Waals surface area (Å²) in [6.45, 7) is 2.99. The zero-order valence-corrected chi connectivity index (χ0v) is 16.6. The summed E-state index contributed by atoms with van der Waals surface area (Å²) in [4.78, 5) is 21.8. The fourth-order valence-electron chi connectivity index (χ4n) is 3.54. The lowest BCUT2D eigenvalue weighted by molar-refractivity contribution is 0.0602. The number of aryl methyl sites for hydroxylation is 1. The van der Waals surface area contributed by atoms with Crippen molar-refractivity contribution in [2.45, 2.75) is 19.4 Å². The Labute approximate surface area is 173 Å². The van der Waals surface area contributed by atoms with Crippen LogP contribution < -0.4 is 0 Å². The second-order valence-electron chi connectivity index (χ2n) is 7.18. The third-order valence-corrected chi connectivity index (χ3v) is 5.57. The number of aromatic amines is 1. The summed E-state index contributed by atoms with van der Waals surface area (Å²) >= 11 is 6.20. The van der Waals surface area contributed by atoms with Crippen molar-refractivity contribution in [2.75, 3.05) is 13.1 Å². The number of amides is 1. The Hall–Kier alpha value is -3.14. The molecule has 3 aromatic rings. The Morgan fingerprint density at radius 3 is 2.66 bits per heavy atom. The highest BCUT2D eigenvalue weighted by atomic mass is 35.5. The molecule has 1 aliphatic heterocycles. The lowest BCUT2D eigenvalue weighted by Crippen LogP contribution is -2.48. The Morgan fingerprint density at radius 1 is 1.31 bits per heavy atom. The fourth-order valence-corrected chi connectivity index (χ4v) is 3.79. The van der Waals surface area contributed by atoms with Crippen LogP contribution in [0.4, 0.5) is 0 Å². The smallest absolute Gasteiger partial charge is 0.253 e. The molecule has 146 valence electrons. The maximum atomic E-state index is 12.9. The highest BCUT2D eigenvalue weighted by Crippen LogP contribution is 2.32. The number of halogens is 1. The van der Waals surface area contributed by atoms with Gasteiger partial charge in [-0.05, 0) is 42.3 Å². The first kappa shape index (κ1) is 19.2. The van der Waals surface area contributed by atoms with Gasteiger partial charge in [0.25, 0.3) is 5.91 Å². The molecule has 6 nitrogen and oxygen atoms in total. The van der Waals surface area contributed by atoms with E-state index >= 15 is 0 Å². The molecular formula is C22H19ClN4O2. The first-order chi connectivity index (χ1) is 14.0. The van der Waals surface area contributed by atoms with Crippen molar-refractivity contribution in [1.29, 1.82) is 5.26 Å². The summed E-state index contributed by atoms with van der Waals surface area (Å²) in [7, 11) is 0. The van der Waals surface area contributed by atoms with E-state index in [4.69, 9.17) is 16.9 Å². The molecule has 29 heavy (non-hydrogen) atoms. The minimum Gasteiger partial charge on any atom is -0.388 e. The molecule has 2 aromatic carbocycles. The number of carbonyl (C=O) groups excluding carboxylic acids is 1. The van der Waals surface area contributed by atoms with Gasteiger partial charge in [-0.25, -0.2) is 4.98 Å². The van der Waals surface area contributed by atoms with Crippen LogP contribution >= 0.6 is 11.6 Å². The van der Waals surface area contributed by atoms with Gasteiger partial charge < -0.3 is 15.0 Å². The van der Waals surface area contributed by atoms with Crippen LogP contribution in [0.25, 0.3) is 11.3 Å². The molecule has 0 aliphatic carbocycles. The summed E-state index contributed by atoms with van der Waals surface area (Å²) in [5, 5.41) is 18.4. The molecule has 0 bridgehead atoms. The standard InChI is InChI=1S/C22H19ClN4O2/c1-13-2-5-16(8-18(13)20-21(23)26-19(12-28)25-20)22(29)27-10-17(11-27)15-6-3-14(9-24)4-7-15/h2-8,17,28H,10-12H2,1H3,(H,25,26). The summed E-state index contributed by atoms with van der Waals surface area (Å²) in [6, 6.07) is 15.1. The van der Waals surface area contributed by atoms with E-state index in [1.54, 1.807) is 12.1 Å². The molecule has 1 saturated heterocycles. The number of hydrogen-bond donors (Lipinski definition) is 2. The van der Waals surface area contributed by atoms with Gasteiger partial charge in [-0.15, -0.1) is 0 Å². The van der Waals surface area contributed by atoms with Crippen LogP contribution in [0.1, 0.15) is 38.8 Å². The van der Waals surface area contributed by atoms with E-state index in [-0.39, 0.29) is 23.6 Å². The van der Waals surface area contributed by atoms with Crippen LogP contribution in [-0.4, -0.2) is 39.0 Å². The van der Waals surface area contributed by atoms with Gasteiger partial charge in [0, 0.05) is 30.1 Å². The number of H-pyrrole nitrogens is 1. The number of nitriles is 1. The van der Waals surface area contributed by atoms with Crippen molar-refractivity contribution in [1.82, 2.24) is 14.9 Å². The number of imidazole rings is 1. The first-order valence-corrected chi connectivity index (χ1v) is 9.63. The zero-order valence-electron chi connectivity index (χ0n) is 15.8.